The van der Waals surface area contributed by atoms with Crippen LogP contribution in [-0.2, 0) is 6.42 Å². The van der Waals surface area contributed by atoms with Crippen LogP contribution in [0.4, 0.5) is 4.20 Å². The minimum Gasteiger partial charge on any atom is -0.222 e. The Bertz CT molecular complexity index is 372. The Hall–Kier alpha value is -0.680. The van der Waals surface area contributed by atoms with Gasteiger partial charge in [-0.15, -0.1) is 0 Å². The van der Waals surface area contributed by atoms with Gasteiger partial charge in [-0.25, -0.2) is 4.20 Å². The Morgan fingerprint density at radius 2 is 1.82 bits per heavy atom. The molecule has 1 aliphatic rings. The van der Waals surface area contributed by atoms with Crippen molar-refractivity contribution in [1.82, 2.24) is 0 Å². The largest absolute Gasteiger partial charge is 0.222 e. The van der Waals surface area contributed by atoms with Gasteiger partial charge in [0.2, 0.25) is 0 Å². The molecule has 2 heteroatoms. The maximum atomic E-state index is 13.5. The van der Waals surface area contributed by atoms with E-state index < -0.39 is 8.23 Å². The van der Waals surface area contributed by atoms with Crippen LogP contribution in [0.2, 0.25) is 0 Å². The molecule has 0 N–H and O–H groups in total. The van der Waals surface area contributed by atoms with Gasteiger partial charge in [-0.05, 0) is 43.8 Å². The van der Waals surface area contributed by atoms with E-state index in [4.69, 9.17) is 0 Å². The zero-order valence-corrected chi connectivity index (χ0v) is 11.3. The molecular formula is C15H20FP. The Kier molecular flexibility index (Phi) is 4.74. The summed E-state index contributed by atoms with van der Waals surface area (Å²) in [5.41, 5.74) is 2.91. The summed E-state index contributed by atoms with van der Waals surface area (Å²) in [4.78, 5) is 0. The van der Waals surface area contributed by atoms with Crippen molar-refractivity contribution in [2.24, 2.45) is 0 Å². The first-order valence-corrected chi connectivity index (χ1v) is 7.91. The molecule has 0 radical (unpaired) electrons. The molecule has 0 nitrogen and oxygen atoms in total. The highest BCUT2D eigenvalue weighted by atomic mass is 31.2. The van der Waals surface area contributed by atoms with Crippen LogP contribution in [0.3, 0.4) is 0 Å². The lowest BCUT2D eigenvalue weighted by atomic mass is 10.1. The van der Waals surface area contributed by atoms with Crippen molar-refractivity contribution in [3.8, 4) is 0 Å². The van der Waals surface area contributed by atoms with E-state index in [1.54, 1.807) is 5.57 Å². The van der Waals surface area contributed by atoms with Gasteiger partial charge in [-0.1, -0.05) is 42.8 Å². The quantitative estimate of drug-likeness (QED) is 0.534. The highest BCUT2D eigenvalue weighted by molar-refractivity contribution is 7.60. The first-order chi connectivity index (χ1) is 8.29. The standard InChI is InChI=1S/C15H20FP/c1-2-17(16)15-11-9-14(10-12-15)8-7-13-5-3-4-6-13/h7,9-12H,2-6,8H2,1H3. The molecule has 0 aliphatic heterocycles. The normalized spacial score (nSPS) is 17.2. The van der Waals surface area contributed by atoms with Crippen LogP contribution >= 0.6 is 8.23 Å². The summed E-state index contributed by atoms with van der Waals surface area (Å²) in [7, 11) is -1.42. The average molecular weight is 250 g/mol. The van der Waals surface area contributed by atoms with Gasteiger partial charge in [-0.3, -0.25) is 0 Å². The smallest absolute Gasteiger partial charge is 0.112 e. The second kappa shape index (κ2) is 6.31. The molecule has 0 heterocycles. The van der Waals surface area contributed by atoms with E-state index >= 15 is 0 Å². The fourth-order valence-corrected chi connectivity index (χ4v) is 3.11. The Morgan fingerprint density at radius 3 is 2.41 bits per heavy atom. The number of allylic oxidation sites excluding steroid dienone is 2. The van der Waals surface area contributed by atoms with E-state index in [-0.39, 0.29) is 0 Å². The highest BCUT2D eigenvalue weighted by Gasteiger charge is 2.07. The number of rotatable bonds is 4. The molecule has 0 spiro atoms. The van der Waals surface area contributed by atoms with Crippen molar-refractivity contribution in [1.29, 1.82) is 0 Å². The zero-order valence-electron chi connectivity index (χ0n) is 10.5. The van der Waals surface area contributed by atoms with E-state index in [1.165, 1.54) is 31.2 Å². The highest BCUT2D eigenvalue weighted by Crippen LogP contribution is 2.34. The van der Waals surface area contributed by atoms with Gasteiger partial charge in [0.05, 0.1) is 0 Å². The minimum absolute atomic E-state index is 0.624. The van der Waals surface area contributed by atoms with Gasteiger partial charge in [0.15, 0.2) is 0 Å². The van der Waals surface area contributed by atoms with Crippen molar-refractivity contribution in [2.45, 2.75) is 39.0 Å². The average Bonchev–Trinajstić information content (AvgIpc) is 2.89. The van der Waals surface area contributed by atoms with E-state index in [1.807, 2.05) is 19.1 Å². The Balaban J connectivity index is 1.95. The van der Waals surface area contributed by atoms with Crippen molar-refractivity contribution >= 4 is 13.5 Å². The number of hydrogen-bond acceptors (Lipinski definition) is 0. The predicted molar refractivity (Wildman–Crippen MR) is 74.9 cm³/mol. The number of benzene rings is 1. The predicted octanol–water partition coefficient (Wildman–Crippen LogP) is 4.74. The van der Waals surface area contributed by atoms with Crippen molar-refractivity contribution in [3.63, 3.8) is 0 Å². The van der Waals surface area contributed by atoms with E-state index in [9.17, 15) is 4.20 Å². The Labute approximate surface area is 105 Å². The van der Waals surface area contributed by atoms with Crippen molar-refractivity contribution < 1.29 is 4.20 Å². The summed E-state index contributed by atoms with van der Waals surface area (Å²) in [5, 5.41) is 0.875. The van der Waals surface area contributed by atoms with E-state index in [0.717, 1.165) is 11.7 Å². The molecule has 1 atom stereocenters. The fourth-order valence-electron chi connectivity index (χ4n) is 2.27. The van der Waals surface area contributed by atoms with Gasteiger partial charge < -0.3 is 0 Å². The van der Waals surface area contributed by atoms with Gasteiger partial charge in [0.1, 0.15) is 8.23 Å². The summed E-state index contributed by atoms with van der Waals surface area (Å²) in [6.07, 6.45) is 9.26. The lowest BCUT2D eigenvalue weighted by molar-refractivity contribution is 0.886. The second-order valence-electron chi connectivity index (χ2n) is 4.62. The van der Waals surface area contributed by atoms with Gasteiger partial charge in [0, 0.05) is 5.30 Å². The zero-order chi connectivity index (χ0) is 12.1. The maximum Gasteiger partial charge on any atom is 0.112 e. The molecule has 17 heavy (non-hydrogen) atoms. The van der Waals surface area contributed by atoms with Gasteiger partial charge in [0.25, 0.3) is 0 Å². The number of halogens is 1. The first-order valence-electron chi connectivity index (χ1n) is 6.49. The molecule has 1 unspecified atom stereocenters. The molecule has 92 valence electrons. The maximum absolute atomic E-state index is 13.5. The molecule has 1 aliphatic carbocycles. The lowest BCUT2D eigenvalue weighted by Crippen LogP contribution is -1.99. The molecule has 0 amide bonds. The summed E-state index contributed by atoms with van der Waals surface area (Å²) in [6, 6.07) is 8.06. The van der Waals surface area contributed by atoms with Gasteiger partial charge >= 0.3 is 0 Å². The molecule has 0 saturated heterocycles. The van der Waals surface area contributed by atoms with Crippen molar-refractivity contribution in [3.05, 3.63) is 41.5 Å². The van der Waals surface area contributed by atoms with Crippen molar-refractivity contribution in [2.75, 3.05) is 6.16 Å². The van der Waals surface area contributed by atoms with E-state index in [2.05, 4.69) is 18.2 Å². The van der Waals surface area contributed by atoms with Crippen LogP contribution < -0.4 is 5.30 Å². The molecule has 1 aromatic rings. The molecule has 2 rings (SSSR count). The molecule has 1 fully saturated rings. The third-order valence-electron chi connectivity index (χ3n) is 3.37. The fraction of sp³-hybridized carbons (Fsp3) is 0.467. The third kappa shape index (κ3) is 3.64. The topological polar surface area (TPSA) is 0 Å². The third-order valence-corrected chi connectivity index (χ3v) is 4.78. The molecule has 1 aromatic carbocycles. The van der Waals surface area contributed by atoms with Crippen LogP contribution in [-0.4, -0.2) is 6.16 Å². The monoisotopic (exact) mass is 250 g/mol. The second-order valence-corrected chi connectivity index (χ2v) is 6.49. The van der Waals surface area contributed by atoms with Gasteiger partial charge in [-0.2, -0.15) is 0 Å². The SMILES string of the molecule is CCP(F)c1ccc(CC=C2CCCC2)cc1. The van der Waals surface area contributed by atoms with Crippen LogP contribution in [0.1, 0.15) is 38.2 Å². The summed E-state index contributed by atoms with van der Waals surface area (Å²) >= 11 is 0. The van der Waals surface area contributed by atoms with Crippen LogP contribution in [0.5, 0.6) is 0 Å². The molecule has 0 aromatic heterocycles. The van der Waals surface area contributed by atoms with Crippen LogP contribution in [0.25, 0.3) is 0 Å². The van der Waals surface area contributed by atoms with E-state index in [0.29, 0.717) is 6.16 Å². The first kappa shape index (κ1) is 12.8. The summed E-state index contributed by atoms with van der Waals surface area (Å²) in [6.45, 7) is 1.91. The van der Waals surface area contributed by atoms with Crippen LogP contribution in [0, 0.1) is 0 Å². The molecule has 0 bridgehead atoms. The summed E-state index contributed by atoms with van der Waals surface area (Å²) in [5.74, 6) is 0. The molecule has 1 saturated carbocycles. The Morgan fingerprint density at radius 1 is 1.18 bits per heavy atom. The molecular weight excluding hydrogens is 230 g/mol. The minimum atomic E-state index is -1.42. The lowest BCUT2D eigenvalue weighted by Gasteiger charge is -2.05. The van der Waals surface area contributed by atoms with Crippen LogP contribution in [0.15, 0.2) is 35.9 Å². The summed E-state index contributed by atoms with van der Waals surface area (Å²) < 4.78 is 13.5. The number of hydrogen-bond donors (Lipinski definition) is 0.